The van der Waals surface area contributed by atoms with E-state index in [-0.39, 0.29) is 40.5 Å². The molecule has 0 spiro atoms. The molecule has 2 aromatic carbocycles. The highest BCUT2D eigenvalue weighted by Gasteiger charge is 2.29. The van der Waals surface area contributed by atoms with Gasteiger partial charge in [0.2, 0.25) is 21.8 Å². The van der Waals surface area contributed by atoms with Crippen molar-refractivity contribution in [2.75, 3.05) is 5.32 Å². The Balaban J connectivity index is 1.53. The summed E-state index contributed by atoms with van der Waals surface area (Å²) in [7, 11) is -3.75. The molecule has 0 heterocycles. The Morgan fingerprint density at radius 2 is 1.69 bits per heavy atom. The van der Waals surface area contributed by atoms with E-state index in [9.17, 15) is 22.4 Å². The van der Waals surface area contributed by atoms with E-state index in [1.54, 1.807) is 24.3 Å². The topological polar surface area (TPSA) is 104 Å². The van der Waals surface area contributed by atoms with Crippen molar-refractivity contribution in [1.82, 2.24) is 10.0 Å². The Labute approximate surface area is 187 Å². The van der Waals surface area contributed by atoms with Crippen molar-refractivity contribution in [2.24, 2.45) is 5.92 Å². The predicted octanol–water partition coefficient (Wildman–Crippen LogP) is 3.50. The zero-order valence-corrected chi connectivity index (χ0v) is 18.9. The second-order valence-corrected chi connectivity index (χ2v) is 9.87. The van der Waals surface area contributed by atoms with Crippen molar-refractivity contribution in [3.8, 4) is 0 Å². The molecule has 2 aromatic rings. The van der Waals surface area contributed by atoms with Crippen LogP contribution in [0.25, 0.3) is 0 Å². The molecule has 1 atom stereocenters. The van der Waals surface area contributed by atoms with Gasteiger partial charge in [-0.05, 0) is 68.5 Å². The third-order valence-corrected chi connectivity index (χ3v) is 7.13. The van der Waals surface area contributed by atoms with Gasteiger partial charge in [-0.2, -0.15) is 0 Å². The third kappa shape index (κ3) is 6.37. The molecule has 3 N–H and O–H groups in total. The number of nitrogens with one attached hydrogen (secondary N) is 3. The fourth-order valence-corrected chi connectivity index (χ4v) is 5.22. The molecule has 2 amide bonds. The lowest BCUT2D eigenvalue weighted by molar-refractivity contribution is -0.126. The maximum absolute atomic E-state index is 13.1. The number of sulfonamides is 1. The molecular weight excluding hydrogens is 433 g/mol. The molecule has 1 fully saturated rings. The van der Waals surface area contributed by atoms with E-state index >= 15 is 0 Å². The lowest BCUT2D eigenvalue weighted by Crippen LogP contribution is -2.41. The number of hydrogen-bond donors (Lipinski definition) is 3. The van der Waals surface area contributed by atoms with Crippen LogP contribution in [0.1, 0.15) is 51.1 Å². The molecule has 3 rings (SSSR count). The number of anilines is 1. The van der Waals surface area contributed by atoms with E-state index in [1.807, 2.05) is 6.92 Å². The van der Waals surface area contributed by atoms with E-state index in [1.165, 1.54) is 31.2 Å². The molecular formula is C23H28FN3O4S. The van der Waals surface area contributed by atoms with Crippen molar-refractivity contribution in [3.63, 3.8) is 0 Å². The second-order valence-electron chi connectivity index (χ2n) is 8.16. The van der Waals surface area contributed by atoms with Crippen molar-refractivity contribution >= 4 is 27.5 Å². The largest absolute Gasteiger partial charge is 0.349 e. The molecule has 0 aromatic heterocycles. The van der Waals surface area contributed by atoms with Crippen molar-refractivity contribution < 1.29 is 22.4 Å². The third-order valence-electron chi connectivity index (χ3n) is 5.61. The van der Waals surface area contributed by atoms with E-state index < -0.39 is 10.0 Å². The van der Waals surface area contributed by atoms with Crippen molar-refractivity contribution in [3.05, 3.63) is 59.9 Å². The fourth-order valence-electron chi connectivity index (χ4n) is 3.87. The SMILES string of the molecule is CC(=O)Nc1cccc(S(=O)(=O)NC2CCC(C(=O)N[C@H](C)c3ccc(F)cc3)CC2)c1. The first kappa shape index (κ1) is 23.9. The highest BCUT2D eigenvalue weighted by molar-refractivity contribution is 7.89. The number of amides is 2. The first-order valence-electron chi connectivity index (χ1n) is 10.6. The van der Waals surface area contributed by atoms with E-state index in [2.05, 4.69) is 15.4 Å². The van der Waals surface area contributed by atoms with Crippen LogP contribution < -0.4 is 15.4 Å². The van der Waals surface area contributed by atoms with Gasteiger partial charge >= 0.3 is 0 Å². The van der Waals surface area contributed by atoms with Gasteiger partial charge in [-0.25, -0.2) is 17.5 Å². The van der Waals surface area contributed by atoms with Crippen LogP contribution in [-0.4, -0.2) is 26.3 Å². The number of rotatable bonds is 7. The summed E-state index contributed by atoms with van der Waals surface area (Å²) in [6.45, 7) is 3.20. The number of carbonyl (C=O) groups is 2. The Morgan fingerprint density at radius 3 is 2.31 bits per heavy atom. The summed E-state index contributed by atoms with van der Waals surface area (Å²) in [4.78, 5) is 23.9. The molecule has 1 aliphatic rings. The Hall–Kier alpha value is -2.78. The van der Waals surface area contributed by atoms with Gasteiger partial charge in [0.25, 0.3) is 0 Å². The smallest absolute Gasteiger partial charge is 0.240 e. The van der Waals surface area contributed by atoms with Crippen LogP contribution in [0.4, 0.5) is 10.1 Å². The minimum Gasteiger partial charge on any atom is -0.349 e. The number of halogens is 1. The summed E-state index contributed by atoms with van der Waals surface area (Å²) in [5.41, 5.74) is 1.23. The van der Waals surface area contributed by atoms with Crippen LogP contribution in [0.15, 0.2) is 53.4 Å². The minimum atomic E-state index is -3.75. The molecule has 0 unspecified atom stereocenters. The lowest BCUT2D eigenvalue weighted by atomic mass is 9.85. The molecule has 172 valence electrons. The van der Waals surface area contributed by atoms with Crippen LogP contribution in [0.5, 0.6) is 0 Å². The first-order valence-corrected chi connectivity index (χ1v) is 12.1. The van der Waals surface area contributed by atoms with Gasteiger partial charge in [-0.15, -0.1) is 0 Å². The molecule has 0 aliphatic heterocycles. The quantitative estimate of drug-likeness (QED) is 0.587. The number of carbonyl (C=O) groups excluding carboxylic acids is 2. The molecule has 1 saturated carbocycles. The normalized spacial score (nSPS) is 19.7. The highest BCUT2D eigenvalue weighted by Crippen LogP contribution is 2.27. The van der Waals surface area contributed by atoms with Gasteiger partial charge in [0.1, 0.15) is 5.82 Å². The lowest BCUT2D eigenvalue weighted by Gasteiger charge is -2.29. The van der Waals surface area contributed by atoms with Crippen molar-refractivity contribution in [1.29, 1.82) is 0 Å². The first-order chi connectivity index (χ1) is 15.1. The molecule has 9 heteroatoms. The van der Waals surface area contributed by atoms with Gasteiger partial charge in [0.05, 0.1) is 10.9 Å². The van der Waals surface area contributed by atoms with Crippen molar-refractivity contribution in [2.45, 2.75) is 56.5 Å². The van der Waals surface area contributed by atoms with Crippen LogP contribution in [-0.2, 0) is 19.6 Å². The highest BCUT2D eigenvalue weighted by atomic mass is 32.2. The average molecular weight is 462 g/mol. The zero-order valence-electron chi connectivity index (χ0n) is 18.1. The standard InChI is InChI=1S/C23H28FN3O4S/c1-15(17-6-10-19(24)11-7-17)25-23(29)18-8-12-20(13-9-18)27-32(30,31)22-5-3-4-21(14-22)26-16(2)28/h3-7,10-11,14-15,18,20,27H,8-9,12-13H2,1-2H3,(H,25,29)(H,26,28)/t15-,18?,20?/m1/s1. The van der Waals surface area contributed by atoms with Gasteiger partial charge in [0, 0.05) is 24.6 Å². The number of benzene rings is 2. The second kappa shape index (κ2) is 10.2. The molecule has 7 nitrogen and oxygen atoms in total. The summed E-state index contributed by atoms with van der Waals surface area (Å²) in [6, 6.07) is 11.6. The Morgan fingerprint density at radius 1 is 1.03 bits per heavy atom. The van der Waals surface area contributed by atoms with Crippen LogP contribution in [0.2, 0.25) is 0 Å². The summed E-state index contributed by atoms with van der Waals surface area (Å²) in [5, 5.41) is 5.54. The summed E-state index contributed by atoms with van der Waals surface area (Å²) >= 11 is 0. The van der Waals surface area contributed by atoms with Gasteiger partial charge in [-0.3, -0.25) is 9.59 Å². The van der Waals surface area contributed by atoms with E-state index in [0.29, 0.717) is 31.4 Å². The monoisotopic (exact) mass is 461 g/mol. The minimum absolute atomic E-state index is 0.0776. The molecule has 0 bridgehead atoms. The molecule has 0 radical (unpaired) electrons. The fraction of sp³-hybridized carbons (Fsp3) is 0.391. The van der Waals surface area contributed by atoms with Gasteiger partial charge < -0.3 is 10.6 Å². The predicted molar refractivity (Wildman–Crippen MR) is 120 cm³/mol. The maximum Gasteiger partial charge on any atom is 0.240 e. The maximum atomic E-state index is 13.1. The Kier molecular flexibility index (Phi) is 7.63. The molecule has 1 aliphatic carbocycles. The average Bonchev–Trinajstić information content (AvgIpc) is 2.74. The van der Waals surface area contributed by atoms with Gasteiger partial charge in [0.15, 0.2) is 0 Å². The Bertz CT molecular complexity index is 1060. The summed E-state index contributed by atoms with van der Waals surface area (Å²) in [6.07, 6.45) is 2.24. The number of hydrogen-bond acceptors (Lipinski definition) is 4. The van der Waals surface area contributed by atoms with Gasteiger partial charge in [-0.1, -0.05) is 18.2 Å². The molecule has 32 heavy (non-hydrogen) atoms. The summed E-state index contributed by atoms with van der Waals surface area (Å²) < 4.78 is 41.3. The van der Waals surface area contributed by atoms with Crippen LogP contribution >= 0.6 is 0 Å². The van der Waals surface area contributed by atoms with Crippen LogP contribution in [0, 0.1) is 11.7 Å². The zero-order chi connectivity index (χ0) is 23.3. The van der Waals surface area contributed by atoms with E-state index in [4.69, 9.17) is 0 Å². The van der Waals surface area contributed by atoms with Crippen LogP contribution in [0.3, 0.4) is 0 Å². The summed E-state index contributed by atoms with van der Waals surface area (Å²) in [5.74, 6) is -0.874. The van der Waals surface area contributed by atoms with E-state index in [0.717, 1.165) is 5.56 Å². The molecule has 0 saturated heterocycles.